The van der Waals surface area contributed by atoms with Crippen molar-refractivity contribution in [2.24, 2.45) is 0 Å². The third-order valence-corrected chi connectivity index (χ3v) is 4.37. The van der Waals surface area contributed by atoms with Crippen molar-refractivity contribution >= 4 is 17.7 Å². The van der Waals surface area contributed by atoms with E-state index in [1.165, 1.54) is 11.1 Å². The zero-order valence-electron chi connectivity index (χ0n) is 11.1. The molecular weight excluding hydrogens is 244 g/mol. The van der Waals surface area contributed by atoms with Crippen LogP contribution in [0.4, 0.5) is 0 Å². The summed E-state index contributed by atoms with van der Waals surface area (Å²) < 4.78 is 0. The highest BCUT2D eigenvalue weighted by molar-refractivity contribution is 7.99. The van der Waals surface area contributed by atoms with Gasteiger partial charge in [0.25, 0.3) is 0 Å². The molecule has 1 aromatic rings. The summed E-state index contributed by atoms with van der Waals surface area (Å²) in [5.41, 5.74) is 2.43. The average Bonchev–Trinajstić information content (AvgIpc) is 2.72. The lowest BCUT2D eigenvalue weighted by Gasteiger charge is -2.27. The topological polar surface area (TPSA) is 32.3 Å². The van der Waals surface area contributed by atoms with E-state index in [2.05, 4.69) is 37.6 Å². The van der Waals surface area contributed by atoms with Crippen LogP contribution in [0.2, 0.25) is 0 Å². The number of hydrogen-bond donors (Lipinski definition) is 1. The molecule has 2 atom stereocenters. The van der Waals surface area contributed by atoms with E-state index in [0.29, 0.717) is 11.8 Å². The van der Waals surface area contributed by atoms with E-state index in [0.717, 1.165) is 6.54 Å². The first kappa shape index (κ1) is 13.4. The molecule has 0 spiro atoms. The number of thioether (sulfide) groups is 1. The van der Waals surface area contributed by atoms with Gasteiger partial charge in [-0.3, -0.25) is 10.1 Å². The Morgan fingerprint density at radius 2 is 2.22 bits per heavy atom. The molecule has 2 unspecified atom stereocenters. The molecule has 1 amide bonds. The Morgan fingerprint density at radius 3 is 2.89 bits per heavy atom. The summed E-state index contributed by atoms with van der Waals surface area (Å²) in [5, 5.41) is 3.77. The van der Waals surface area contributed by atoms with Gasteiger partial charge in [0.1, 0.15) is 6.17 Å². The van der Waals surface area contributed by atoms with Crippen LogP contribution in [0.25, 0.3) is 0 Å². The van der Waals surface area contributed by atoms with Crippen molar-refractivity contribution in [2.75, 3.05) is 19.3 Å². The van der Waals surface area contributed by atoms with Crippen LogP contribution in [0, 0.1) is 6.92 Å². The molecule has 1 saturated heterocycles. The summed E-state index contributed by atoms with van der Waals surface area (Å²) in [6.45, 7) is 5.49. The van der Waals surface area contributed by atoms with Crippen LogP contribution in [0.1, 0.15) is 24.2 Å². The fourth-order valence-electron chi connectivity index (χ4n) is 2.27. The van der Waals surface area contributed by atoms with E-state index in [1.807, 2.05) is 17.0 Å². The second-order valence-electron chi connectivity index (χ2n) is 4.73. The molecule has 1 aromatic carbocycles. The van der Waals surface area contributed by atoms with Crippen molar-refractivity contribution in [3.05, 3.63) is 35.4 Å². The van der Waals surface area contributed by atoms with Gasteiger partial charge in [-0.25, -0.2) is 0 Å². The highest BCUT2D eigenvalue weighted by atomic mass is 32.2. The van der Waals surface area contributed by atoms with Crippen molar-refractivity contribution in [2.45, 2.75) is 25.3 Å². The Bertz CT molecular complexity index is 436. The maximum atomic E-state index is 12.0. The molecule has 0 aromatic heterocycles. The van der Waals surface area contributed by atoms with Crippen LogP contribution in [0.5, 0.6) is 0 Å². The zero-order valence-corrected chi connectivity index (χ0v) is 12.0. The largest absolute Gasteiger partial charge is 0.321 e. The molecule has 3 nitrogen and oxygen atoms in total. The monoisotopic (exact) mass is 264 g/mol. The normalized spacial score (nSPS) is 21.4. The molecule has 0 aliphatic carbocycles. The molecule has 4 heteroatoms. The lowest BCUT2D eigenvalue weighted by Crippen LogP contribution is -2.35. The van der Waals surface area contributed by atoms with Gasteiger partial charge in [0, 0.05) is 11.8 Å². The predicted octanol–water partition coefficient (Wildman–Crippen LogP) is 2.18. The van der Waals surface area contributed by atoms with Gasteiger partial charge in [0.05, 0.1) is 6.54 Å². The Balaban J connectivity index is 2.21. The number of amides is 1. The summed E-state index contributed by atoms with van der Waals surface area (Å²) in [5.74, 6) is 0.198. The van der Waals surface area contributed by atoms with Crippen LogP contribution < -0.4 is 5.32 Å². The molecule has 98 valence electrons. The maximum Gasteiger partial charge on any atom is 0.238 e. The van der Waals surface area contributed by atoms with E-state index in [1.54, 1.807) is 11.8 Å². The van der Waals surface area contributed by atoms with E-state index in [9.17, 15) is 4.79 Å². The van der Waals surface area contributed by atoms with Crippen LogP contribution in [0.15, 0.2) is 24.3 Å². The Kier molecular flexibility index (Phi) is 4.30. The summed E-state index contributed by atoms with van der Waals surface area (Å²) in [7, 11) is 0. The Labute approximate surface area is 113 Å². The fourth-order valence-corrected chi connectivity index (χ4v) is 2.58. The van der Waals surface area contributed by atoms with Gasteiger partial charge in [0.2, 0.25) is 5.91 Å². The molecule has 1 N–H and O–H groups in total. The highest BCUT2D eigenvalue weighted by Crippen LogP contribution is 2.26. The first-order chi connectivity index (χ1) is 8.63. The van der Waals surface area contributed by atoms with Gasteiger partial charge >= 0.3 is 0 Å². The Hall–Kier alpha value is -1.00. The number of carbonyl (C=O) groups excluding carboxylic acids is 1. The summed E-state index contributed by atoms with van der Waals surface area (Å²) in [6, 6.07) is 8.26. The quantitative estimate of drug-likeness (QED) is 0.904. The van der Waals surface area contributed by atoms with Crippen LogP contribution in [-0.2, 0) is 4.79 Å². The van der Waals surface area contributed by atoms with E-state index in [-0.39, 0.29) is 12.1 Å². The molecule has 1 heterocycles. The second kappa shape index (κ2) is 5.76. The Morgan fingerprint density at radius 1 is 1.50 bits per heavy atom. The van der Waals surface area contributed by atoms with Crippen LogP contribution in [-0.4, -0.2) is 35.4 Å². The van der Waals surface area contributed by atoms with Crippen LogP contribution in [0.3, 0.4) is 0 Å². The number of aryl methyl sites for hydroxylation is 1. The number of nitrogens with one attached hydrogen (secondary N) is 1. The standard InChI is InChI=1S/C14H20N2OS/c1-10-6-4-5-7-12(10)14-15-8-13(17)16(14)9-11(2)18-3/h4-7,11,14-15H,8-9H2,1-3H3. The minimum atomic E-state index is 0.0355. The predicted molar refractivity (Wildman–Crippen MR) is 76.6 cm³/mol. The van der Waals surface area contributed by atoms with Crippen molar-refractivity contribution in [3.63, 3.8) is 0 Å². The van der Waals surface area contributed by atoms with Gasteiger partial charge in [0.15, 0.2) is 0 Å². The third-order valence-electron chi connectivity index (χ3n) is 3.42. The lowest BCUT2D eigenvalue weighted by molar-refractivity contribution is -0.128. The number of carbonyl (C=O) groups is 1. The van der Waals surface area contributed by atoms with Gasteiger partial charge in [-0.05, 0) is 24.3 Å². The minimum Gasteiger partial charge on any atom is -0.321 e. The molecule has 1 fully saturated rings. The van der Waals surface area contributed by atoms with Crippen molar-refractivity contribution in [3.8, 4) is 0 Å². The summed E-state index contributed by atoms with van der Waals surface area (Å²) in [6.07, 6.45) is 2.12. The van der Waals surface area contributed by atoms with Gasteiger partial charge in [-0.2, -0.15) is 11.8 Å². The zero-order chi connectivity index (χ0) is 13.1. The molecular formula is C14H20N2OS. The molecule has 0 saturated carbocycles. The number of nitrogens with zero attached hydrogens (tertiary/aromatic N) is 1. The molecule has 18 heavy (non-hydrogen) atoms. The molecule has 1 aliphatic heterocycles. The van der Waals surface area contributed by atoms with Crippen molar-refractivity contribution < 1.29 is 4.79 Å². The summed E-state index contributed by atoms with van der Waals surface area (Å²) in [4.78, 5) is 13.9. The molecule has 0 bridgehead atoms. The van der Waals surface area contributed by atoms with E-state index >= 15 is 0 Å². The van der Waals surface area contributed by atoms with E-state index < -0.39 is 0 Å². The SMILES string of the molecule is CSC(C)CN1C(=O)CNC1c1ccccc1C. The lowest BCUT2D eigenvalue weighted by atomic mass is 10.1. The number of benzene rings is 1. The van der Waals surface area contributed by atoms with Gasteiger partial charge in [-0.1, -0.05) is 31.2 Å². The first-order valence-corrected chi connectivity index (χ1v) is 7.53. The second-order valence-corrected chi connectivity index (χ2v) is 6.01. The maximum absolute atomic E-state index is 12.0. The minimum absolute atomic E-state index is 0.0355. The van der Waals surface area contributed by atoms with Gasteiger partial charge < -0.3 is 4.90 Å². The third kappa shape index (κ3) is 2.70. The summed E-state index contributed by atoms with van der Waals surface area (Å²) >= 11 is 1.79. The molecule has 1 aliphatic rings. The van der Waals surface area contributed by atoms with Crippen molar-refractivity contribution in [1.29, 1.82) is 0 Å². The fraction of sp³-hybridized carbons (Fsp3) is 0.500. The first-order valence-electron chi connectivity index (χ1n) is 6.24. The van der Waals surface area contributed by atoms with E-state index in [4.69, 9.17) is 0 Å². The van der Waals surface area contributed by atoms with Crippen molar-refractivity contribution in [1.82, 2.24) is 10.2 Å². The van der Waals surface area contributed by atoms with Gasteiger partial charge in [-0.15, -0.1) is 0 Å². The number of hydrogen-bond acceptors (Lipinski definition) is 3. The highest BCUT2D eigenvalue weighted by Gasteiger charge is 2.32. The smallest absolute Gasteiger partial charge is 0.238 e. The van der Waals surface area contributed by atoms with Crippen LogP contribution >= 0.6 is 11.8 Å². The molecule has 2 rings (SSSR count). The number of rotatable bonds is 4. The molecule has 0 radical (unpaired) electrons. The average molecular weight is 264 g/mol.